The van der Waals surface area contributed by atoms with Gasteiger partial charge in [0.05, 0.1) is 0 Å². The molecule has 0 saturated heterocycles. The Morgan fingerprint density at radius 3 is 2.45 bits per heavy atom. The van der Waals surface area contributed by atoms with Crippen LogP contribution in [0.1, 0.15) is 26.3 Å². The summed E-state index contributed by atoms with van der Waals surface area (Å²) in [5, 5.41) is 3.35. The van der Waals surface area contributed by atoms with E-state index in [1.165, 1.54) is 0 Å². The van der Waals surface area contributed by atoms with Gasteiger partial charge in [-0.15, -0.1) is 0 Å². The second-order valence-electron chi connectivity index (χ2n) is 4.75. The number of halogens is 2. The highest BCUT2D eigenvalue weighted by molar-refractivity contribution is 5.33. The summed E-state index contributed by atoms with van der Waals surface area (Å²) in [4.78, 5) is 2.32. The third-order valence-corrected chi connectivity index (χ3v) is 3.26. The normalized spacial score (nSPS) is 12.9. The summed E-state index contributed by atoms with van der Waals surface area (Å²) in [7, 11) is 0. The van der Waals surface area contributed by atoms with E-state index in [0.29, 0.717) is 6.54 Å². The minimum Gasteiger partial charge on any atom is -0.434 e. The van der Waals surface area contributed by atoms with Crippen molar-refractivity contribution in [1.82, 2.24) is 10.2 Å². The second kappa shape index (κ2) is 8.87. The third-order valence-electron chi connectivity index (χ3n) is 3.26. The van der Waals surface area contributed by atoms with Crippen LogP contribution in [-0.2, 0) is 6.54 Å². The van der Waals surface area contributed by atoms with E-state index in [4.69, 9.17) is 0 Å². The van der Waals surface area contributed by atoms with E-state index in [1.807, 2.05) is 6.07 Å². The number of ether oxygens (including phenoxy) is 1. The maximum atomic E-state index is 12.3. The summed E-state index contributed by atoms with van der Waals surface area (Å²) in [6.45, 7) is 7.03. The number of hydrogen-bond acceptors (Lipinski definition) is 3. The van der Waals surface area contributed by atoms with Gasteiger partial charge in [0, 0.05) is 24.7 Å². The Kier molecular flexibility index (Phi) is 7.47. The summed E-state index contributed by atoms with van der Waals surface area (Å²) in [6.07, 6.45) is 0. The van der Waals surface area contributed by atoms with E-state index >= 15 is 0 Å². The average molecular weight is 286 g/mol. The van der Waals surface area contributed by atoms with Gasteiger partial charge in [-0.1, -0.05) is 32.0 Å². The van der Waals surface area contributed by atoms with Gasteiger partial charge in [0.1, 0.15) is 5.75 Å². The van der Waals surface area contributed by atoms with Crippen LogP contribution < -0.4 is 10.1 Å². The smallest absolute Gasteiger partial charge is 0.387 e. The number of likely N-dealkylation sites (N-methyl/N-ethyl adjacent to an activating group) is 1. The van der Waals surface area contributed by atoms with Crippen molar-refractivity contribution in [3.63, 3.8) is 0 Å². The first-order chi connectivity index (χ1) is 9.56. The van der Waals surface area contributed by atoms with Gasteiger partial charge >= 0.3 is 6.61 Å². The van der Waals surface area contributed by atoms with E-state index in [-0.39, 0.29) is 11.8 Å². The largest absolute Gasteiger partial charge is 0.434 e. The Morgan fingerprint density at radius 2 is 1.85 bits per heavy atom. The number of rotatable bonds is 9. The molecule has 0 bridgehead atoms. The molecule has 0 aliphatic heterocycles. The van der Waals surface area contributed by atoms with Crippen LogP contribution in [0.3, 0.4) is 0 Å². The van der Waals surface area contributed by atoms with Gasteiger partial charge in [0.15, 0.2) is 0 Å². The highest BCUT2D eigenvalue weighted by Crippen LogP contribution is 2.20. The molecule has 0 radical (unpaired) electrons. The first-order valence-corrected chi connectivity index (χ1v) is 7.05. The predicted octanol–water partition coefficient (Wildman–Crippen LogP) is 3.11. The molecule has 1 unspecified atom stereocenters. The molecule has 0 aliphatic rings. The zero-order valence-corrected chi connectivity index (χ0v) is 12.4. The monoisotopic (exact) mass is 286 g/mol. The summed E-state index contributed by atoms with van der Waals surface area (Å²) >= 11 is 0. The molecule has 1 aromatic carbocycles. The number of alkyl halides is 2. The van der Waals surface area contributed by atoms with Crippen molar-refractivity contribution >= 4 is 0 Å². The van der Waals surface area contributed by atoms with Crippen molar-refractivity contribution in [2.45, 2.75) is 40.0 Å². The van der Waals surface area contributed by atoms with Gasteiger partial charge < -0.3 is 15.0 Å². The van der Waals surface area contributed by atoms with E-state index in [9.17, 15) is 8.78 Å². The molecular weight excluding hydrogens is 262 g/mol. The quantitative estimate of drug-likeness (QED) is 0.755. The highest BCUT2D eigenvalue weighted by atomic mass is 19.3. The molecular formula is C15H24F2N2O. The van der Waals surface area contributed by atoms with Crippen molar-refractivity contribution in [1.29, 1.82) is 0 Å². The lowest BCUT2D eigenvalue weighted by molar-refractivity contribution is -0.0505. The number of hydrogen-bond donors (Lipinski definition) is 1. The van der Waals surface area contributed by atoms with Crippen LogP contribution in [0.4, 0.5) is 8.78 Å². The molecule has 20 heavy (non-hydrogen) atoms. The fraction of sp³-hybridized carbons (Fsp3) is 0.600. The summed E-state index contributed by atoms with van der Waals surface area (Å²) < 4.78 is 29.1. The van der Waals surface area contributed by atoms with Gasteiger partial charge in [-0.2, -0.15) is 8.78 Å². The lowest BCUT2D eigenvalue weighted by Gasteiger charge is -2.23. The standard InChI is InChI=1S/C15H24F2N2O/c1-4-19(5-2)11-12(3)18-10-13-8-6-7-9-14(13)20-15(16)17/h6-9,12,15,18H,4-5,10-11H2,1-3H3. The molecule has 0 fully saturated rings. The highest BCUT2D eigenvalue weighted by Gasteiger charge is 2.11. The first-order valence-electron chi connectivity index (χ1n) is 7.05. The Bertz CT molecular complexity index is 384. The molecule has 1 atom stereocenters. The molecule has 3 nitrogen and oxygen atoms in total. The van der Waals surface area contributed by atoms with Gasteiger partial charge in [0.25, 0.3) is 0 Å². The molecule has 114 valence electrons. The van der Waals surface area contributed by atoms with Crippen molar-refractivity contribution < 1.29 is 13.5 Å². The van der Waals surface area contributed by atoms with E-state index in [1.54, 1.807) is 18.2 Å². The zero-order chi connectivity index (χ0) is 15.0. The van der Waals surface area contributed by atoms with Gasteiger partial charge in [0.2, 0.25) is 0 Å². The van der Waals surface area contributed by atoms with Gasteiger partial charge in [-0.25, -0.2) is 0 Å². The summed E-state index contributed by atoms with van der Waals surface area (Å²) in [5.74, 6) is 0.241. The molecule has 0 saturated carbocycles. The number of nitrogens with one attached hydrogen (secondary N) is 1. The average Bonchev–Trinajstić information content (AvgIpc) is 2.43. The lowest BCUT2D eigenvalue weighted by Crippen LogP contribution is -2.38. The number of para-hydroxylation sites is 1. The molecule has 0 amide bonds. The van der Waals surface area contributed by atoms with Gasteiger partial charge in [-0.3, -0.25) is 0 Å². The lowest BCUT2D eigenvalue weighted by atomic mass is 10.2. The summed E-state index contributed by atoms with van der Waals surface area (Å²) in [6, 6.07) is 7.17. The van der Waals surface area contributed by atoms with Crippen LogP contribution >= 0.6 is 0 Å². The molecule has 1 N–H and O–H groups in total. The van der Waals surface area contributed by atoms with E-state index in [0.717, 1.165) is 25.2 Å². The van der Waals surface area contributed by atoms with Crippen molar-refractivity contribution in [2.75, 3.05) is 19.6 Å². The van der Waals surface area contributed by atoms with Crippen molar-refractivity contribution in [3.05, 3.63) is 29.8 Å². The van der Waals surface area contributed by atoms with E-state index in [2.05, 4.69) is 35.7 Å². The van der Waals surface area contributed by atoms with Crippen molar-refractivity contribution in [2.24, 2.45) is 0 Å². The molecule has 0 spiro atoms. The minimum absolute atomic E-state index is 0.241. The molecule has 1 aromatic rings. The predicted molar refractivity (Wildman–Crippen MR) is 77.2 cm³/mol. The zero-order valence-electron chi connectivity index (χ0n) is 12.4. The molecule has 0 heterocycles. The maximum absolute atomic E-state index is 12.3. The Morgan fingerprint density at radius 1 is 1.20 bits per heavy atom. The fourth-order valence-corrected chi connectivity index (χ4v) is 2.08. The third kappa shape index (κ3) is 5.84. The molecule has 1 rings (SSSR count). The topological polar surface area (TPSA) is 24.5 Å². The summed E-state index contributed by atoms with van der Waals surface area (Å²) in [5.41, 5.74) is 0.749. The Labute approximate surface area is 119 Å². The van der Waals surface area contributed by atoms with Crippen LogP contribution in [0.15, 0.2) is 24.3 Å². The number of nitrogens with zero attached hydrogens (tertiary/aromatic N) is 1. The van der Waals surface area contributed by atoms with Crippen LogP contribution in [-0.4, -0.2) is 37.2 Å². The maximum Gasteiger partial charge on any atom is 0.387 e. The molecule has 0 aliphatic carbocycles. The van der Waals surface area contributed by atoms with E-state index < -0.39 is 6.61 Å². The first kappa shape index (κ1) is 16.9. The Balaban J connectivity index is 2.52. The molecule has 0 aromatic heterocycles. The van der Waals surface area contributed by atoms with Crippen LogP contribution in [0, 0.1) is 0 Å². The van der Waals surface area contributed by atoms with Crippen LogP contribution in [0.5, 0.6) is 5.75 Å². The fourth-order valence-electron chi connectivity index (χ4n) is 2.08. The van der Waals surface area contributed by atoms with Crippen LogP contribution in [0.2, 0.25) is 0 Å². The second-order valence-corrected chi connectivity index (χ2v) is 4.75. The van der Waals surface area contributed by atoms with Gasteiger partial charge in [-0.05, 0) is 26.1 Å². The Hall–Kier alpha value is -1.20. The van der Waals surface area contributed by atoms with Crippen molar-refractivity contribution in [3.8, 4) is 5.75 Å². The molecule has 5 heteroatoms. The number of benzene rings is 1. The SMILES string of the molecule is CCN(CC)CC(C)NCc1ccccc1OC(F)F. The minimum atomic E-state index is -2.79. The van der Waals surface area contributed by atoms with Crippen LogP contribution in [0.25, 0.3) is 0 Å².